The molecule has 0 spiro atoms. The van der Waals surface area contributed by atoms with Gasteiger partial charge in [-0.3, -0.25) is 4.90 Å². The molecule has 0 aromatic carbocycles. The molecule has 0 saturated heterocycles. The highest BCUT2D eigenvalue weighted by Crippen LogP contribution is 2.13. The van der Waals surface area contributed by atoms with Crippen LogP contribution in [0.25, 0.3) is 0 Å². The molecule has 0 heterocycles. The molecule has 0 amide bonds. The van der Waals surface area contributed by atoms with Gasteiger partial charge in [0.2, 0.25) is 0 Å². The van der Waals surface area contributed by atoms with Crippen molar-refractivity contribution in [1.29, 1.82) is 0 Å². The monoisotopic (exact) mass is 237 g/mol. The molecular formula is C11H24ClNO2. The second kappa shape index (κ2) is 8.34. The Morgan fingerprint density at radius 1 is 1.20 bits per heavy atom. The van der Waals surface area contributed by atoms with E-state index in [4.69, 9.17) is 21.1 Å². The molecule has 0 radical (unpaired) electrons. The van der Waals surface area contributed by atoms with E-state index in [1.165, 1.54) is 0 Å². The molecule has 0 fully saturated rings. The van der Waals surface area contributed by atoms with Gasteiger partial charge in [-0.05, 0) is 27.3 Å². The maximum absolute atomic E-state index is 5.88. The van der Waals surface area contributed by atoms with E-state index >= 15 is 0 Å². The molecule has 0 atom stereocenters. The van der Waals surface area contributed by atoms with E-state index in [0.717, 1.165) is 19.6 Å². The highest BCUT2D eigenvalue weighted by molar-refractivity contribution is 6.18. The predicted molar refractivity (Wildman–Crippen MR) is 64.7 cm³/mol. The summed E-state index contributed by atoms with van der Waals surface area (Å²) in [4.78, 5) is 2.26. The highest BCUT2D eigenvalue weighted by Gasteiger charge is 2.21. The molecular weight excluding hydrogens is 214 g/mol. The first-order chi connectivity index (χ1) is 7.04. The third-order valence-corrected chi connectivity index (χ3v) is 3.23. The fourth-order valence-electron chi connectivity index (χ4n) is 1.05. The van der Waals surface area contributed by atoms with Crippen LogP contribution in [0.2, 0.25) is 0 Å². The van der Waals surface area contributed by atoms with Gasteiger partial charge in [-0.15, -0.1) is 11.6 Å². The maximum Gasteiger partial charge on any atom is 0.0700 e. The molecule has 0 unspecified atom stereocenters. The molecule has 0 bridgehead atoms. The van der Waals surface area contributed by atoms with Crippen molar-refractivity contribution in [2.45, 2.75) is 25.8 Å². The van der Waals surface area contributed by atoms with Crippen molar-refractivity contribution in [3.05, 3.63) is 0 Å². The van der Waals surface area contributed by atoms with Gasteiger partial charge < -0.3 is 9.47 Å². The number of hydrogen-bond donors (Lipinski definition) is 0. The first kappa shape index (κ1) is 15.2. The van der Waals surface area contributed by atoms with Crippen LogP contribution >= 0.6 is 11.6 Å². The molecule has 0 aliphatic heterocycles. The summed E-state index contributed by atoms with van der Waals surface area (Å²) in [5.74, 6) is 0.647. The normalized spacial score (nSPS) is 12.4. The summed E-state index contributed by atoms with van der Waals surface area (Å²) in [7, 11) is 3.78. The lowest BCUT2D eigenvalue weighted by atomic mass is 10.1. The summed E-state index contributed by atoms with van der Waals surface area (Å²) in [6.07, 6.45) is 1.03. The Morgan fingerprint density at radius 2 is 1.87 bits per heavy atom. The van der Waals surface area contributed by atoms with Crippen LogP contribution in [0.1, 0.15) is 20.3 Å². The molecule has 15 heavy (non-hydrogen) atoms. The zero-order valence-corrected chi connectivity index (χ0v) is 11.1. The molecule has 0 aromatic heterocycles. The number of methoxy groups -OCH3 is 1. The summed E-state index contributed by atoms with van der Waals surface area (Å²) in [5.41, 5.74) is 0.0636. The van der Waals surface area contributed by atoms with Crippen LogP contribution in [-0.4, -0.2) is 56.8 Å². The van der Waals surface area contributed by atoms with Crippen molar-refractivity contribution < 1.29 is 9.47 Å². The number of alkyl halides is 1. The Kier molecular flexibility index (Phi) is 8.43. The smallest absolute Gasteiger partial charge is 0.0700 e. The summed E-state index contributed by atoms with van der Waals surface area (Å²) in [5, 5.41) is 0. The molecule has 0 aliphatic carbocycles. The van der Waals surface area contributed by atoms with Crippen molar-refractivity contribution in [3.8, 4) is 0 Å². The van der Waals surface area contributed by atoms with E-state index in [1.807, 2.05) is 0 Å². The molecule has 0 saturated carbocycles. The van der Waals surface area contributed by atoms with E-state index in [-0.39, 0.29) is 5.54 Å². The average Bonchev–Trinajstić information content (AvgIpc) is 2.22. The van der Waals surface area contributed by atoms with E-state index in [2.05, 4.69) is 25.8 Å². The first-order valence-electron chi connectivity index (χ1n) is 5.38. The number of halogens is 1. The minimum absolute atomic E-state index is 0.0636. The van der Waals surface area contributed by atoms with Gasteiger partial charge in [0.25, 0.3) is 0 Å². The maximum atomic E-state index is 5.88. The van der Waals surface area contributed by atoms with Gasteiger partial charge in [0, 0.05) is 31.7 Å². The molecule has 0 N–H and O–H groups in total. The van der Waals surface area contributed by atoms with Gasteiger partial charge in [-0.2, -0.15) is 0 Å². The molecule has 3 nitrogen and oxygen atoms in total. The third kappa shape index (κ3) is 7.12. The minimum atomic E-state index is 0.0636. The minimum Gasteiger partial charge on any atom is -0.382 e. The van der Waals surface area contributed by atoms with Crippen LogP contribution in [0.4, 0.5) is 0 Å². The van der Waals surface area contributed by atoms with E-state index in [9.17, 15) is 0 Å². The van der Waals surface area contributed by atoms with Gasteiger partial charge >= 0.3 is 0 Å². The van der Waals surface area contributed by atoms with Crippen LogP contribution in [0.3, 0.4) is 0 Å². The van der Waals surface area contributed by atoms with Gasteiger partial charge in [0.15, 0.2) is 0 Å². The second-order valence-corrected chi connectivity index (χ2v) is 4.59. The van der Waals surface area contributed by atoms with Crippen molar-refractivity contribution >= 4 is 11.6 Å². The zero-order chi connectivity index (χ0) is 11.7. The van der Waals surface area contributed by atoms with Gasteiger partial charge in [0.1, 0.15) is 0 Å². The van der Waals surface area contributed by atoms with Crippen LogP contribution in [-0.2, 0) is 9.47 Å². The summed E-state index contributed by atoms with van der Waals surface area (Å²) in [6.45, 7) is 7.43. The SMILES string of the molecule is COCCOCCCN(C)C(C)(C)CCl. The quantitative estimate of drug-likeness (QED) is 0.452. The third-order valence-electron chi connectivity index (χ3n) is 2.57. The van der Waals surface area contributed by atoms with Crippen molar-refractivity contribution in [1.82, 2.24) is 4.90 Å². The zero-order valence-electron chi connectivity index (χ0n) is 10.4. The molecule has 0 rings (SSSR count). The summed E-state index contributed by atoms with van der Waals surface area (Å²) >= 11 is 5.88. The Balaban J connectivity index is 3.43. The van der Waals surface area contributed by atoms with Gasteiger partial charge in [-0.25, -0.2) is 0 Å². The standard InChI is InChI=1S/C11H24ClNO2/c1-11(2,10-12)13(3)6-5-7-15-9-8-14-4/h5-10H2,1-4H3. The van der Waals surface area contributed by atoms with Crippen LogP contribution < -0.4 is 0 Å². The Morgan fingerprint density at radius 3 is 2.40 bits per heavy atom. The number of rotatable bonds is 9. The topological polar surface area (TPSA) is 21.7 Å². The van der Waals surface area contributed by atoms with Crippen molar-refractivity contribution in [2.24, 2.45) is 0 Å². The molecule has 0 aliphatic rings. The molecule has 0 aromatic rings. The van der Waals surface area contributed by atoms with Crippen LogP contribution in [0, 0.1) is 0 Å². The lowest BCUT2D eigenvalue weighted by Crippen LogP contribution is -2.43. The number of hydrogen-bond acceptors (Lipinski definition) is 3. The number of nitrogens with zero attached hydrogens (tertiary/aromatic N) is 1. The summed E-state index contributed by atoms with van der Waals surface area (Å²) < 4.78 is 10.3. The van der Waals surface area contributed by atoms with E-state index in [0.29, 0.717) is 19.1 Å². The lowest BCUT2D eigenvalue weighted by Gasteiger charge is -2.33. The van der Waals surface area contributed by atoms with Gasteiger partial charge in [0.05, 0.1) is 13.2 Å². The van der Waals surface area contributed by atoms with E-state index < -0.39 is 0 Å². The summed E-state index contributed by atoms with van der Waals surface area (Å²) in [6, 6.07) is 0. The van der Waals surface area contributed by atoms with Crippen LogP contribution in [0.15, 0.2) is 0 Å². The Hall–Kier alpha value is 0.170. The second-order valence-electron chi connectivity index (χ2n) is 4.33. The highest BCUT2D eigenvalue weighted by atomic mass is 35.5. The largest absolute Gasteiger partial charge is 0.382 e. The number of ether oxygens (including phenoxy) is 2. The Labute approximate surface area is 98.7 Å². The Bertz CT molecular complexity index is 154. The molecule has 92 valence electrons. The van der Waals surface area contributed by atoms with Crippen molar-refractivity contribution in [2.75, 3.05) is 46.4 Å². The van der Waals surface area contributed by atoms with E-state index in [1.54, 1.807) is 7.11 Å². The van der Waals surface area contributed by atoms with Gasteiger partial charge in [-0.1, -0.05) is 0 Å². The fourth-order valence-corrected chi connectivity index (χ4v) is 1.26. The predicted octanol–water partition coefficient (Wildman–Crippen LogP) is 1.99. The molecule has 4 heteroatoms. The van der Waals surface area contributed by atoms with Crippen LogP contribution in [0.5, 0.6) is 0 Å². The first-order valence-corrected chi connectivity index (χ1v) is 5.92. The fraction of sp³-hybridized carbons (Fsp3) is 1.00. The lowest BCUT2D eigenvalue weighted by molar-refractivity contribution is 0.0617. The average molecular weight is 238 g/mol. The van der Waals surface area contributed by atoms with Crippen molar-refractivity contribution in [3.63, 3.8) is 0 Å².